The number of hydrogen-bond donors (Lipinski definition) is 3. The molecule has 2 aromatic heterocycles. The van der Waals surface area contributed by atoms with Crippen LogP contribution in [0, 0.1) is 6.92 Å². The Morgan fingerprint density at radius 2 is 1.69 bits per heavy atom. The second-order valence-electron chi connectivity index (χ2n) is 7.72. The molecule has 35 heavy (non-hydrogen) atoms. The van der Waals surface area contributed by atoms with Gasteiger partial charge in [-0.05, 0) is 40.7 Å². The van der Waals surface area contributed by atoms with Gasteiger partial charge < -0.3 is 15.2 Å². The van der Waals surface area contributed by atoms with Crippen molar-refractivity contribution >= 4 is 51.0 Å². The second kappa shape index (κ2) is 9.28. The molecule has 0 bridgehead atoms. The molecule has 2 amide bonds. The monoisotopic (exact) mass is 506 g/mol. The van der Waals surface area contributed by atoms with Crippen LogP contribution in [0.1, 0.15) is 43.6 Å². The Labute approximate surface area is 207 Å². The van der Waals surface area contributed by atoms with Crippen LogP contribution in [-0.2, 0) is 4.74 Å². The molecule has 2 aromatic carbocycles. The van der Waals surface area contributed by atoms with E-state index in [1.807, 2.05) is 36.4 Å². The molecule has 5 rings (SSSR count). The Bertz CT molecular complexity index is 1420. The maximum atomic E-state index is 12.5. The lowest BCUT2D eigenvalue weighted by atomic mass is 9.98. The molecule has 0 spiro atoms. The first-order chi connectivity index (χ1) is 16.9. The van der Waals surface area contributed by atoms with Crippen LogP contribution in [0.5, 0.6) is 0 Å². The lowest BCUT2D eigenvalue weighted by Gasteiger charge is -2.14. The maximum Gasteiger partial charge on any atom is 0.413 e. The number of thiazole rings is 1. The van der Waals surface area contributed by atoms with E-state index in [0.29, 0.717) is 5.69 Å². The Balaban J connectivity index is 1.22. The van der Waals surface area contributed by atoms with Crippen LogP contribution in [0.3, 0.4) is 0 Å². The number of rotatable bonds is 6. The van der Waals surface area contributed by atoms with Crippen LogP contribution < -0.4 is 10.6 Å². The largest absolute Gasteiger partial charge is 0.478 e. The van der Waals surface area contributed by atoms with Crippen molar-refractivity contribution in [2.24, 2.45) is 0 Å². The first kappa shape index (κ1) is 22.7. The minimum absolute atomic E-state index is 0.0336. The molecule has 4 aromatic rings. The number of carboxylic acids is 1. The molecule has 0 saturated heterocycles. The van der Waals surface area contributed by atoms with Gasteiger partial charge in [-0.1, -0.05) is 48.5 Å². The van der Waals surface area contributed by atoms with Crippen molar-refractivity contribution in [1.82, 2.24) is 9.36 Å². The van der Waals surface area contributed by atoms with Crippen LogP contribution in [0.4, 0.5) is 14.9 Å². The highest BCUT2D eigenvalue weighted by molar-refractivity contribution is 7.14. The number of aromatic nitrogens is 2. The lowest BCUT2D eigenvalue weighted by molar-refractivity contribution is 0.0697. The van der Waals surface area contributed by atoms with Gasteiger partial charge in [0.2, 0.25) is 0 Å². The third-order valence-electron chi connectivity index (χ3n) is 5.59. The van der Waals surface area contributed by atoms with Gasteiger partial charge in [0.15, 0.2) is 5.13 Å². The van der Waals surface area contributed by atoms with Gasteiger partial charge in [0.1, 0.15) is 22.9 Å². The van der Waals surface area contributed by atoms with Crippen molar-refractivity contribution in [3.63, 3.8) is 0 Å². The standard InChI is InChI=1S/C24H18N4O5S2/c1-12-19(22(30)31)21(35-28-12)26-20(29)18-11-34-23(25-18)27-24(32)33-10-17-15-8-4-2-6-13(15)14-7-3-5-9-16(14)17/h2-9,11,17H,10H2,1H3,(H,26,29)(H,30,31)(H,25,27,32). The molecule has 0 atom stereocenters. The summed E-state index contributed by atoms with van der Waals surface area (Å²) in [6.45, 7) is 1.70. The second-order valence-corrected chi connectivity index (χ2v) is 9.35. The summed E-state index contributed by atoms with van der Waals surface area (Å²) in [6.07, 6.45) is -0.681. The first-order valence-electron chi connectivity index (χ1n) is 10.5. The molecule has 9 nitrogen and oxygen atoms in total. The fourth-order valence-corrected chi connectivity index (χ4v) is 5.49. The summed E-state index contributed by atoms with van der Waals surface area (Å²) >= 11 is 1.93. The number of aromatic carboxylic acids is 1. The topological polar surface area (TPSA) is 131 Å². The van der Waals surface area contributed by atoms with Crippen molar-refractivity contribution in [3.05, 3.63) is 82.0 Å². The molecule has 3 N–H and O–H groups in total. The molecular weight excluding hydrogens is 488 g/mol. The Morgan fingerprint density at radius 1 is 1.03 bits per heavy atom. The summed E-state index contributed by atoms with van der Waals surface area (Å²) in [5, 5.41) is 16.1. The lowest BCUT2D eigenvalue weighted by Crippen LogP contribution is -2.18. The van der Waals surface area contributed by atoms with E-state index >= 15 is 0 Å². The summed E-state index contributed by atoms with van der Waals surface area (Å²) in [6, 6.07) is 16.1. The minimum atomic E-state index is -1.18. The molecular formula is C24H18N4O5S2. The minimum Gasteiger partial charge on any atom is -0.478 e. The molecule has 0 saturated carbocycles. The number of hydrogen-bond acceptors (Lipinski definition) is 8. The molecule has 0 fully saturated rings. The van der Waals surface area contributed by atoms with Gasteiger partial charge in [-0.3, -0.25) is 10.1 Å². The van der Waals surface area contributed by atoms with E-state index < -0.39 is 18.0 Å². The summed E-state index contributed by atoms with van der Waals surface area (Å²) < 4.78 is 9.46. The molecule has 1 aliphatic carbocycles. The Morgan fingerprint density at radius 3 is 2.34 bits per heavy atom. The predicted octanol–water partition coefficient (Wildman–Crippen LogP) is 5.22. The molecule has 1 aliphatic rings. The SMILES string of the molecule is Cc1nsc(NC(=O)c2csc(NC(=O)OCC3c4ccccc4-c4ccccc43)n2)c1C(=O)O. The number of ether oxygens (including phenoxy) is 1. The number of carbonyl (C=O) groups is 3. The predicted molar refractivity (Wildman–Crippen MR) is 133 cm³/mol. The van der Waals surface area contributed by atoms with Gasteiger partial charge in [0.05, 0.1) is 5.69 Å². The zero-order valence-corrected chi connectivity index (χ0v) is 19.9. The number of nitrogens with one attached hydrogen (secondary N) is 2. The van der Waals surface area contributed by atoms with Gasteiger partial charge >= 0.3 is 12.1 Å². The fourth-order valence-electron chi connectivity index (χ4n) is 4.03. The summed E-state index contributed by atoms with van der Waals surface area (Å²) in [7, 11) is 0. The average Bonchev–Trinajstić information content (AvgIpc) is 3.54. The molecule has 0 unspecified atom stereocenters. The summed E-state index contributed by atoms with van der Waals surface area (Å²) in [5.74, 6) is -1.85. The van der Waals surface area contributed by atoms with Crippen LogP contribution in [0.25, 0.3) is 11.1 Å². The maximum absolute atomic E-state index is 12.5. The van der Waals surface area contributed by atoms with Crippen molar-refractivity contribution in [3.8, 4) is 11.1 Å². The summed E-state index contributed by atoms with van der Waals surface area (Å²) in [5.41, 5.74) is 4.77. The highest BCUT2D eigenvalue weighted by Gasteiger charge is 2.29. The number of fused-ring (bicyclic) bond motifs is 3. The smallest absolute Gasteiger partial charge is 0.413 e. The number of benzene rings is 2. The molecule has 0 aliphatic heterocycles. The van der Waals surface area contributed by atoms with E-state index in [2.05, 4.69) is 32.1 Å². The molecule has 0 radical (unpaired) electrons. The van der Waals surface area contributed by atoms with E-state index in [9.17, 15) is 19.5 Å². The zero-order chi connectivity index (χ0) is 24.5. The number of carboxylic acid groups (broad SMARTS) is 1. The van der Waals surface area contributed by atoms with Gasteiger partial charge in [-0.2, -0.15) is 4.37 Å². The van der Waals surface area contributed by atoms with E-state index in [0.717, 1.165) is 45.1 Å². The molecule has 2 heterocycles. The quantitative estimate of drug-likeness (QED) is 0.327. The van der Waals surface area contributed by atoms with Crippen LogP contribution in [0.15, 0.2) is 53.9 Å². The van der Waals surface area contributed by atoms with Crippen molar-refractivity contribution in [2.75, 3.05) is 17.2 Å². The van der Waals surface area contributed by atoms with Crippen molar-refractivity contribution < 1.29 is 24.2 Å². The van der Waals surface area contributed by atoms with E-state index in [4.69, 9.17) is 4.74 Å². The van der Waals surface area contributed by atoms with E-state index in [1.54, 1.807) is 6.92 Å². The number of anilines is 2. The van der Waals surface area contributed by atoms with Gasteiger partial charge in [-0.15, -0.1) is 11.3 Å². The summed E-state index contributed by atoms with van der Waals surface area (Å²) in [4.78, 5) is 40.4. The Kier molecular flexibility index (Phi) is 6.01. The number of carbonyl (C=O) groups excluding carboxylic acids is 2. The zero-order valence-electron chi connectivity index (χ0n) is 18.3. The van der Waals surface area contributed by atoms with Crippen LogP contribution in [0.2, 0.25) is 0 Å². The fraction of sp³-hybridized carbons (Fsp3) is 0.125. The van der Waals surface area contributed by atoms with E-state index in [-0.39, 0.29) is 33.9 Å². The molecule has 11 heteroatoms. The molecule has 176 valence electrons. The average molecular weight is 507 g/mol. The van der Waals surface area contributed by atoms with Crippen LogP contribution >= 0.6 is 22.9 Å². The van der Waals surface area contributed by atoms with Crippen molar-refractivity contribution in [2.45, 2.75) is 12.8 Å². The van der Waals surface area contributed by atoms with Crippen LogP contribution in [-0.4, -0.2) is 39.0 Å². The third kappa shape index (κ3) is 4.38. The highest BCUT2D eigenvalue weighted by Crippen LogP contribution is 2.44. The van der Waals surface area contributed by atoms with Gasteiger partial charge in [-0.25, -0.2) is 14.6 Å². The Hall–Kier alpha value is -4.09. The van der Waals surface area contributed by atoms with E-state index in [1.165, 1.54) is 5.38 Å². The van der Waals surface area contributed by atoms with Crippen molar-refractivity contribution in [1.29, 1.82) is 0 Å². The third-order valence-corrected chi connectivity index (χ3v) is 7.20. The van der Waals surface area contributed by atoms with Gasteiger partial charge in [0.25, 0.3) is 5.91 Å². The number of amides is 2. The number of nitrogens with zero attached hydrogens (tertiary/aromatic N) is 2. The number of aryl methyl sites for hydroxylation is 1. The normalized spacial score (nSPS) is 12.0. The van der Waals surface area contributed by atoms with Gasteiger partial charge in [0, 0.05) is 11.3 Å². The highest BCUT2D eigenvalue weighted by atomic mass is 32.1. The first-order valence-corrected chi connectivity index (χ1v) is 12.2.